The molecule has 7 rings (SSSR count). The third-order valence-electron chi connectivity index (χ3n) is 11.5. The quantitative estimate of drug-likeness (QED) is 0.359. The van der Waals surface area contributed by atoms with Crippen LogP contribution in [0.5, 0.6) is 0 Å². The fraction of sp³-hybridized carbons (Fsp3) is 0.742. The highest BCUT2D eigenvalue weighted by Gasteiger charge is 2.83. The van der Waals surface area contributed by atoms with Gasteiger partial charge < -0.3 is 33.9 Å². The van der Waals surface area contributed by atoms with E-state index >= 15 is 0 Å². The molecule has 3 saturated carbocycles. The van der Waals surface area contributed by atoms with E-state index in [1.54, 1.807) is 13.0 Å². The first kappa shape index (κ1) is 29.5. The van der Waals surface area contributed by atoms with Gasteiger partial charge in [0.2, 0.25) is 0 Å². The molecule has 0 amide bonds. The predicted octanol–water partition coefficient (Wildman–Crippen LogP) is 1.86. The first-order chi connectivity index (χ1) is 19.7. The van der Waals surface area contributed by atoms with Crippen LogP contribution in [-0.2, 0) is 42.9 Å². The normalized spacial score (nSPS) is 50.1. The molecular weight excluding hydrogens is 548 g/mol. The number of Topliss-reactive ketones (excluding diaryl/α,β-unsaturated/α-hetero) is 1. The zero-order valence-corrected chi connectivity index (χ0v) is 24.6. The van der Waals surface area contributed by atoms with Gasteiger partial charge in [-0.2, -0.15) is 0 Å². The van der Waals surface area contributed by atoms with Crippen molar-refractivity contribution in [3.63, 3.8) is 0 Å². The van der Waals surface area contributed by atoms with Crippen molar-refractivity contribution in [3.05, 3.63) is 23.8 Å². The molecule has 230 valence electrons. The maximum absolute atomic E-state index is 13.5. The fourth-order valence-corrected chi connectivity index (χ4v) is 9.16. The lowest BCUT2D eigenvalue weighted by Crippen LogP contribution is -2.80. The minimum absolute atomic E-state index is 0.0966. The van der Waals surface area contributed by atoms with Gasteiger partial charge in [-0.05, 0) is 57.9 Å². The summed E-state index contributed by atoms with van der Waals surface area (Å²) in [5, 5.41) is 23.6. The molecule has 0 unspecified atom stereocenters. The second-order valence-electron chi connectivity index (χ2n) is 13.5. The largest absolute Gasteiger partial charge is 0.462 e. The minimum Gasteiger partial charge on any atom is -0.462 e. The minimum atomic E-state index is -1.54. The van der Waals surface area contributed by atoms with E-state index in [0.29, 0.717) is 18.4 Å². The summed E-state index contributed by atoms with van der Waals surface area (Å²) < 4.78 is 30.0. The van der Waals surface area contributed by atoms with Crippen LogP contribution >= 0.6 is 0 Å². The Bertz CT molecular complexity index is 1270. The van der Waals surface area contributed by atoms with E-state index in [4.69, 9.17) is 23.7 Å². The Morgan fingerprint density at radius 1 is 1.05 bits per heavy atom. The maximum Gasteiger partial charge on any atom is 0.330 e. The number of hydrogen-bond donors (Lipinski definition) is 2. The molecule has 7 aliphatic rings. The first-order valence-corrected chi connectivity index (χ1v) is 14.9. The second-order valence-corrected chi connectivity index (χ2v) is 13.5. The maximum atomic E-state index is 13.5. The van der Waals surface area contributed by atoms with Crippen LogP contribution in [0.4, 0.5) is 0 Å². The van der Waals surface area contributed by atoms with Gasteiger partial charge >= 0.3 is 17.9 Å². The van der Waals surface area contributed by atoms with E-state index in [1.807, 2.05) is 6.92 Å². The van der Waals surface area contributed by atoms with Crippen molar-refractivity contribution < 1.29 is 53.1 Å². The van der Waals surface area contributed by atoms with E-state index in [-0.39, 0.29) is 51.1 Å². The van der Waals surface area contributed by atoms with Crippen LogP contribution in [0.3, 0.4) is 0 Å². The number of esters is 3. The van der Waals surface area contributed by atoms with Crippen LogP contribution in [0.15, 0.2) is 23.8 Å². The number of carbonyl (C=O) groups is 4. The Balaban J connectivity index is 1.43. The molecule has 0 aromatic heterocycles. The van der Waals surface area contributed by atoms with Gasteiger partial charge in [-0.25, -0.2) is 9.59 Å². The Kier molecular flexibility index (Phi) is 6.81. The first-order valence-electron chi connectivity index (χ1n) is 14.9. The van der Waals surface area contributed by atoms with Gasteiger partial charge in [-0.3, -0.25) is 9.59 Å². The molecule has 8 bridgehead atoms. The fourth-order valence-electron chi connectivity index (χ4n) is 9.16. The standard InChI is InChI=1S/C31H40O11/c1-17(32)30-9-6-5-7-23(34)41-21-14-22-31(37)15-20-26(42-22)29(28(21,31)4,11-10-27(20,3)36)16-38-24(35)13-19(8-12-39-30)25(30)40-18(2)33/h5,7,13,20-22,25-26,36-37H,6,8-12,14-16H2,1-4H3/b7-5-,19-13-/t20-,21+,22+,25+,26+,27-,28+,29+,30+,31-/m0/s1. The summed E-state index contributed by atoms with van der Waals surface area (Å²) in [6.45, 7) is 6.19. The van der Waals surface area contributed by atoms with Crippen molar-refractivity contribution in [2.45, 2.75) is 114 Å². The van der Waals surface area contributed by atoms with E-state index in [9.17, 15) is 29.4 Å². The molecule has 3 saturated heterocycles. The molecule has 2 N–H and O–H groups in total. The number of carbonyl (C=O) groups excluding carboxylic acids is 4. The van der Waals surface area contributed by atoms with Gasteiger partial charge in [0, 0.05) is 42.2 Å². The molecule has 6 fully saturated rings. The monoisotopic (exact) mass is 588 g/mol. The van der Waals surface area contributed by atoms with Crippen LogP contribution in [-0.4, -0.2) is 88.3 Å². The van der Waals surface area contributed by atoms with Crippen LogP contribution in [0.25, 0.3) is 0 Å². The van der Waals surface area contributed by atoms with E-state index in [1.165, 1.54) is 26.0 Å². The Morgan fingerprint density at radius 2 is 1.81 bits per heavy atom. The third kappa shape index (κ3) is 3.92. The lowest BCUT2D eigenvalue weighted by Gasteiger charge is -2.71. The highest BCUT2D eigenvalue weighted by Crippen LogP contribution is 2.74. The molecule has 1 spiro atoms. The molecule has 4 aliphatic heterocycles. The molecule has 10 atom stereocenters. The average molecular weight is 589 g/mol. The van der Waals surface area contributed by atoms with Crippen molar-refractivity contribution >= 4 is 23.7 Å². The van der Waals surface area contributed by atoms with Gasteiger partial charge in [0.1, 0.15) is 18.3 Å². The van der Waals surface area contributed by atoms with E-state index in [0.717, 1.165) is 0 Å². The summed E-state index contributed by atoms with van der Waals surface area (Å²) >= 11 is 0. The van der Waals surface area contributed by atoms with Crippen LogP contribution in [0, 0.1) is 16.7 Å². The van der Waals surface area contributed by atoms with Crippen LogP contribution in [0.1, 0.15) is 72.6 Å². The lowest BCUT2D eigenvalue weighted by atomic mass is 9.40. The molecule has 11 heteroatoms. The number of ether oxygens (including phenoxy) is 5. The molecule has 0 aromatic carbocycles. The topological polar surface area (TPSA) is 155 Å². The van der Waals surface area contributed by atoms with Crippen LogP contribution < -0.4 is 0 Å². The Labute approximate surface area is 244 Å². The highest BCUT2D eigenvalue weighted by molar-refractivity contribution is 5.89. The Morgan fingerprint density at radius 3 is 2.52 bits per heavy atom. The van der Waals surface area contributed by atoms with Gasteiger partial charge in [-0.1, -0.05) is 13.0 Å². The SMILES string of the molecule is CC(=O)O[C@@H]1/C2=C\C(=O)OC[C@@]34CC[C@](C)(O)[C@H]5C[C@]6(O)[C@@H](C[C@@H](OC(=O)/C=C\CC[C@]1(C(C)=O)OCC2)[C@]36C)O[C@H]54. The summed E-state index contributed by atoms with van der Waals surface area (Å²) in [6, 6.07) is 0. The zero-order valence-electron chi connectivity index (χ0n) is 24.6. The van der Waals surface area contributed by atoms with Crippen molar-refractivity contribution in [1.29, 1.82) is 0 Å². The van der Waals surface area contributed by atoms with Crippen molar-refractivity contribution in [2.24, 2.45) is 16.7 Å². The van der Waals surface area contributed by atoms with Gasteiger partial charge in [-0.15, -0.1) is 0 Å². The van der Waals surface area contributed by atoms with Crippen molar-refractivity contribution in [1.82, 2.24) is 0 Å². The van der Waals surface area contributed by atoms with Gasteiger partial charge in [0.05, 0.1) is 24.4 Å². The summed E-state index contributed by atoms with van der Waals surface area (Å²) in [6.07, 6.45) is 3.06. The summed E-state index contributed by atoms with van der Waals surface area (Å²) in [7, 11) is 0. The molecule has 11 nitrogen and oxygen atoms in total. The molecular formula is C31H40O11. The average Bonchev–Trinajstić information content (AvgIpc) is 3.06. The van der Waals surface area contributed by atoms with Gasteiger partial charge in [0.25, 0.3) is 0 Å². The number of rotatable bonds is 2. The summed E-state index contributed by atoms with van der Waals surface area (Å²) in [5.74, 6) is -2.72. The van der Waals surface area contributed by atoms with Crippen molar-refractivity contribution in [2.75, 3.05) is 13.2 Å². The molecule has 42 heavy (non-hydrogen) atoms. The van der Waals surface area contributed by atoms with Crippen molar-refractivity contribution in [3.8, 4) is 0 Å². The third-order valence-corrected chi connectivity index (χ3v) is 11.5. The van der Waals surface area contributed by atoms with Gasteiger partial charge in [0.15, 0.2) is 17.5 Å². The van der Waals surface area contributed by atoms with E-state index in [2.05, 4.69) is 0 Å². The second kappa shape index (κ2) is 9.70. The summed E-state index contributed by atoms with van der Waals surface area (Å²) in [4.78, 5) is 51.7. The molecule has 0 aromatic rings. The number of aliphatic hydroxyl groups is 2. The number of ketones is 1. The lowest BCUT2D eigenvalue weighted by molar-refractivity contribution is -0.377. The highest BCUT2D eigenvalue weighted by atomic mass is 16.6. The smallest absolute Gasteiger partial charge is 0.330 e. The van der Waals surface area contributed by atoms with E-state index < -0.39 is 75.9 Å². The number of cyclic esters (lactones) is 1. The molecule has 3 aliphatic carbocycles. The number of fused-ring (bicyclic) bond motifs is 2. The molecule has 4 heterocycles. The zero-order chi connectivity index (χ0) is 30.3. The predicted molar refractivity (Wildman–Crippen MR) is 144 cm³/mol. The number of hydrogen-bond acceptors (Lipinski definition) is 11. The Hall–Kier alpha value is -2.60. The van der Waals surface area contributed by atoms with Crippen LogP contribution in [0.2, 0.25) is 0 Å². The number of allylic oxidation sites excluding steroid dienone is 1. The summed E-state index contributed by atoms with van der Waals surface area (Å²) in [5.41, 5.74) is -5.61. The molecule has 0 radical (unpaired) electrons.